The van der Waals surface area contributed by atoms with Gasteiger partial charge in [0.05, 0.1) is 19.8 Å². The highest BCUT2D eigenvalue weighted by molar-refractivity contribution is 5.76. The standard InChI is InChI=1S/C14H22N2O3/c1-2-12-3-4-13(19-12)11-15-6-5-14(17)16-7-9-18-10-8-16/h3-4,15H,2,5-11H2,1H3. The number of aryl methyl sites for hydroxylation is 1. The van der Waals surface area contributed by atoms with Crippen LogP contribution in [0.4, 0.5) is 0 Å². The van der Waals surface area contributed by atoms with Gasteiger partial charge < -0.3 is 19.4 Å². The van der Waals surface area contributed by atoms with Crippen LogP contribution >= 0.6 is 0 Å². The van der Waals surface area contributed by atoms with Gasteiger partial charge in [0.15, 0.2) is 0 Å². The Morgan fingerprint density at radius 1 is 1.32 bits per heavy atom. The number of ether oxygens (including phenoxy) is 1. The summed E-state index contributed by atoms with van der Waals surface area (Å²) >= 11 is 0. The van der Waals surface area contributed by atoms with E-state index in [4.69, 9.17) is 9.15 Å². The zero-order valence-electron chi connectivity index (χ0n) is 11.5. The molecule has 1 aromatic rings. The molecule has 1 aromatic heterocycles. The van der Waals surface area contributed by atoms with Gasteiger partial charge in [-0.25, -0.2) is 0 Å². The number of amides is 1. The quantitative estimate of drug-likeness (QED) is 0.786. The fourth-order valence-corrected chi connectivity index (χ4v) is 2.09. The summed E-state index contributed by atoms with van der Waals surface area (Å²) in [6, 6.07) is 3.98. The SMILES string of the molecule is CCc1ccc(CNCCC(=O)N2CCOCC2)o1. The molecular formula is C14H22N2O3. The van der Waals surface area contributed by atoms with Crippen LogP contribution in [0.5, 0.6) is 0 Å². The first-order valence-electron chi connectivity index (χ1n) is 6.93. The van der Waals surface area contributed by atoms with Crippen molar-refractivity contribution < 1.29 is 13.9 Å². The van der Waals surface area contributed by atoms with Crippen LogP contribution < -0.4 is 5.32 Å². The lowest BCUT2D eigenvalue weighted by Gasteiger charge is -2.26. The third kappa shape index (κ3) is 4.36. The van der Waals surface area contributed by atoms with Gasteiger partial charge in [-0.15, -0.1) is 0 Å². The molecule has 0 radical (unpaired) electrons. The topological polar surface area (TPSA) is 54.7 Å². The van der Waals surface area contributed by atoms with Crippen LogP contribution in [0.2, 0.25) is 0 Å². The molecule has 0 saturated carbocycles. The normalized spacial score (nSPS) is 15.7. The van der Waals surface area contributed by atoms with Crippen molar-refractivity contribution in [2.75, 3.05) is 32.8 Å². The first-order valence-corrected chi connectivity index (χ1v) is 6.93. The van der Waals surface area contributed by atoms with Crippen molar-refractivity contribution in [1.82, 2.24) is 10.2 Å². The monoisotopic (exact) mass is 266 g/mol. The molecule has 1 fully saturated rings. The third-order valence-electron chi connectivity index (χ3n) is 3.24. The van der Waals surface area contributed by atoms with Gasteiger partial charge >= 0.3 is 0 Å². The molecule has 0 aliphatic carbocycles. The maximum absolute atomic E-state index is 11.9. The molecule has 1 aliphatic rings. The second-order valence-corrected chi connectivity index (χ2v) is 4.64. The highest BCUT2D eigenvalue weighted by Gasteiger charge is 2.15. The van der Waals surface area contributed by atoms with E-state index in [1.54, 1.807) is 0 Å². The number of morpholine rings is 1. The summed E-state index contributed by atoms with van der Waals surface area (Å²) in [5.74, 6) is 2.13. The first kappa shape index (κ1) is 14.1. The van der Waals surface area contributed by atoms with Crippen molar-refractivity contribution in [3.8, 4) is 0 Å². The Bertz CT molecular complexity index is 397. The average molecular weight is 266 g/mol. The van der Waals surface area contributed by atoms with Gasteiger partial charge in [0.25, 0.3) is 0 Å². The largest absolute Gasteiger partial charge is 0.465 e. The molecule has 0 bridgehead atoms. The van der Waals surface area contributed by atoms with Crippen LogP contribution in [0.25, 0.3) is 0 Å². The summed E-state index contributed by atoms with van der Waals surface area (Å²) in [6.45, 7) is 6.18. The Hall–Kier alpha value is -1.33. The fourth-order valence-electron chi connectivity index (χ4n) is 2.09. The molecule has 0 aromatic carbocycles. The van der Waals surface area contributed by atoms with Gasteiger partial charge in [-0.1, -0.05) is 6.92 Å². The Balaban J connectivity index is 1.62. The molecule has 2 heterocycles. The Labute approximate surface area is 113 Å². The van der Waals surface area contributed by atoms with E-state index in [1.165, 1.54) is 0 Å². The van der Waals surface area contributed by atoms with Crippen LogP contribution in [0, 0.1) is 0 Å². The fraction of sp³-hybridized carbons (Fsp3) is 0.643. The lowest BCUT2D eigenvalue weighted by molar-refractivity contribution is -0.135. The Morgan fingerprint density at radius 2 is 2.05 bits per heavy atom. The summed E-state index contributed by atoms with van der Waals surface area (Å²) in [6.07, 6.45) is 1.44. The lowest BCUT2D eigenvalue weighted by Crippen LogP contribution is -2.41. The summed E-state index contributed by atoms with van der Waals surface area (Å²) in [5.41, 5.74) is 0. The maximum Gasteiger partial charge on any atom is 0.224 e. The number of carbonyl (C=O) groups is 1. The number of hydrogen-bond acceptors (Lipinski definition) is 4. The summed E-state index contributed by atoms with van der Waals surface area (Å²) in [4.78, 5) is 13.7. The highest BCUT2D eigenvalue weighted by atomic mass is 16.5. The molecule has 2 rings (SSSR count). The number of carbonyl (C=O) groups excluding carboxylic acids is 1. The maximum atomic E-state index is 11.9. The number of furan rings is 1. The molecular weight excluding hydrogens is 244 g/mol. The number of rotatable bonds is 6. The van der Waals surface area contributed by atoms with Crippen LogP contribution in [0.1, 0.15) is 24.9 Å². The summed E-state index contributed by atoms with van der Waals surface area (Å²) in [7, 11) is 0. The van der Waals surface area contributed by atoms with Gasteiger partial charge in [-0.3, -0.25) is 4.79 Å². The van der Waals surface area contributed by atoms with Gasteiger partial charge in [-0.2, -0.15) is 0 Å². The van der Waals surface area contributed by atoms with E-state index < -0.39 is 0 Å². The minimum atomic E-state index is 0.199. The molecule has 0 spiro atoms. The smallest absolute Gasteiger partial charge is 0.224 e. The zero-order chi connectivity index (χ0) is 13.5. The van der Waals surface area contributed by atoms with E-state index in [2.05, 4.69) is 12.2 Å². The van der Waals surface area contributed by atoms with Crippen molar-refractivity contribution >= 4 is 5.91 Å². The average Bonchev–Trinajstić information content (AvgIpc) is 2.92. The van der Waals surface area contributed by atoms with E-state index in [0.717, 1.165) is 31.0 Å². The van der Waals surface area contributed by atoms with Crippen molar-refractivity contribution in [3.05, 3.63) is 23.7 Å². The van der Waals surface area contributed by atoms with Crippen molar-refractivity contribution in [1.29, 1.82) is 0 Å². The van der Waals surface area contributed by atoms with Crippen molar-refractivity contribution in [3.63, 3.8) is 0 Å². The summed E-state index contributed by atoms with van der Waals surface area (Å²) in [5, 5.41) is 3.24. The number of hydrogen-bond donors (Lipinski definition) is 1. The van der Waals surface area contributed by atoms with Crippen LogP contribution in [0.15, 0.2) is 16.5 Å². The Morgan fingerprint density at radius 3 is 2.74 bits per heavy atom. The predicted molar refractivity (Wildman–Crippen MR) is 71.8 cm³/mol. The lowest BCUT2D eigenvalue weighted by atomic mass is 10.3. The second-order valence-electron chi connectivity index (χ2n) is 4.64. The molecule has 106 valence electrons. The first-order chi connectivity index (χ1) is 9.29. The minimum Gasteiger partial charge on any atom is -0.465 e. The van der Waals surface area contributed by atoms with Crippen LogP contribution in [-0.2, 0) is 22.5 Å². The summed E-state index contributed by atoms with van der Waals surface area (Å²) < 4.78 is 10.8. The molecule has 1 aliphatic heterocycles. The van der Waals surface area contributed by atoms with Gasteiger partial charge in [0, 0.05) is 32.5 Å². The van der Waals surface area contributed by atoms with E-state index >= 15 is 0 Å². The minimum absolute atomic E-state index is 0.199. The molecule has 1 saturated heterocycles. The van der Waals surface area contributed by atoms with Gasteiger partial charge in [0.1, 0.15) is 11.5 Å². The second kappa shape index (κ2) is 7.31. The number of nitrogens with zero attached hydrogens (tertiary/aromatic N) is 1. The predicted octanol–water partition coefficient (Wildman–Crippen LogP) is 1.18. The molecule has 1 amide bonds. The highest BCUT2D eigenvalue weighted by Crippen LogP contribution is 2.07. The van der Waals surface area contributed by atoms with E-state index in [1.807, 2.05) is 17.0 Å². The molecule has 1 N–H and O–H groups in total. The zero-order valence-corrected chi connectivity index (χ0v) is 11.5. The molecule has 19 heavy (non-hydrogen) atoms. The number of nitrogens with one attached hydrogen (secondary N) is 1. The van der Waals surface area contributed by atoms with Crippen molar-refractivity contribution in [2.45, 2.75) is 26.3 Å². The molecule has 5 nitrogen and oxygen atoms in total. The molecule has 0 atom stereocenters. The van der Waals surface area contributed by atoms with Gasteiger partial charge in [0.2, 0.25) is 5.91 Å². The van der Waals surface area contributed by atoms with Crippen LogP contribution in [0.3, 0.4) is 0 Å². The van der Waals surface area contributed by atoms with Crippen molar-refractivity contribution in [2.24, 2.45) is 0 Å². The molecule has 0 unspecified atom stereocenters. The third-order valence-corrected chi connectivity index (χ3v) is 3.24. The molecule has 5 heteroatoms. The van der Waals surface area contributed by atoms with E-state index in [0.29, 0.717) is 32.7 Å². The Kier molecular flexibility index (Phi) is 5.42. The van der Waals surface area contributed by atoms with E-state index in [-0.39, 0.29) is 5.91 Å². The van der Waals surface area contributed by atoms with E-state index in [9.17, 15) is 4.79 Å². The van der Waals surface area contributed by atoms with Gasteiger partial charge in [-0.05, 0) is 12.1 Å². The van der Waals surface area contributed by atoms with Crippen LogP contribution in [-0.4, -0.2) is 43.7 Å².